The van der Waals surface area contributed by atoms with Crippen LogP contribution in [0.15, 0.2) is 59.9 Å². The number of hydrogen-bond donors (Lipinski definition) is 3. The van der Waals surface area contributed by atoms with Crippen molar-refractivity contribution in [3.63, 3.8) is 0 Å². The van der Waals surface area contributed by atoms with Gasteiger partial charge in [0.25, 0.3) is 0 Å². The molecule has 0 radical (unpaired) electrons. The number of primary sulfonamides is 1. The third kappa shape index (κ3) is 3.89. The van der Waals surface area contributed by atoms with Gasteiger partial charge in [0, 0.05) is 29.8 Å². The first-order chi connectivity index (χ1) is 14.4. The Morgan fingerprint density at radius 1 is 1.10 bits per heavy atom. The first-order valence-electron chi connectivity index (χ1n) is 9.56. The summed E-state index contributed by atoms with van der Waals surface area (Å²) >= 11 is 0. The van der Waals surface area contributed by atoms with E-state index in [1.54, 1.807) is 18.3 Å². The highest BCUT2D eigenvalue weighted by Gasteiger charge is 2.15. The van der Waals surface area contributed by atoms with E-state index in [4.69, 9.17) is 5.14 Å². The van der Waals surface area contributed by atoms with Crippen LogP contribution in [0.2, 0.25) is 0 Å². The fourth-order valence-electron chi connectivity index (χ4n) is 3.30. The van der Waals surface area contributed by atoms with Crippen molar-refractivity contribution >= 4 is 32.7 Å². The number of nitrogens with one attached hydrogen (secondary N) is 2. The monoisotopic (exact) mass is 422 g/mol. The molecule has 3 aromatic heterocycles. The van der Waals surface area contributed by atoms with E-state index in [0.717, 1.165) is 28.7 Å². The summed E-state index contributed by atoms with van der Waals surface area (Å²) in [5.41, 5.74) is 5.40. The first-order valence-corrected chi connectivity index (χ1v) is 11.1. The molecule has 0 saturated carbocycles. The summed E-state index contributed by atoms with van der Waals surface area (Å²) in [4.78, 5) is 16.8. The zero-order valence-corrected chi connectivity index (χ0v) is 17.4. The van der Waals surface area contributed by atoms with Gasteiger partial charge in [0.15, 0.2) is 0 Å². The Morgan fingerprint density at radius 2 is 1.83 bits per heavy atom. The standard InChI is InChI=1S/C21H22N6O2S/c1-3-13(2)16-8-10-23-20-17(12-25-19(16)20)18-9-11-24-21(27-18)26-14-4-6-15(7-5-14)30(22,28)29/h4-13,25H,3H2,1-2H3,(H2,22,28,29)(H,24,26,27). The van der Waals surface area contributed by atoms with Crippen LogP contribution >= 0.6 is 0 Å². The molecule has 30 heavy (non-hydrogen) atoms. The maximum atomic E-state index is 11.4. The van der Waals surface area contributed by atoms with E-state index in [1.807, 2.05) is 18.5 Å². The minimum Gasteiger partial charge on any atom is -0.359 e. The molecule has 9 heteroatoms. The second-order valence-electron chi connectivity index (χ2n) is 7.10. The summed E-state index contributed by atoms with van der Waals surface area (Å²) in [6.45, 7) is 4.36. The molecule has 154 valence electrons. The average Bonchev–Trinajstić information content (AvgIpc) is 3.17. The molecule has 1 unspecified atom stereocenters. The van der Waals surface area contributed by atoms with Crippen LogP contribution in [0.5, 0.6) is 0 Å². The quantitative estimate of drug-likeness (QED) is 0.432. The van der Waals surface area contributed by atoms with Gasteiger partial charge < -0.3 is 10.3 Å². The van der Waals surface area contributed by atoms with Crippen LogP contribution in [-0.2, 0) is 10.0 Å². The molecule has 8 nitrogen and oxygen atoms in total. The molecule has 4 aromatic rings. The summed E-state index contributed by atoms with van der Waals surface area (Å²) in [5, 5.41) is 8.22. The van der Waals surface area contributed by atoms with Crippen LogP contribution in [0.4, 0.5) is 11.6 Å². The van der Waals surface area contributed by atoms with Crippen molar-refractivity contribution in [3.05, 3.63) is 60.6 Å². The number of fused-ring (bicyclic) bond motifs is 1. The van der Waals surface area contributed by atoms with Crippen LogP contribution in [0.1, 0.15) is 31.7 Å². The maximum absolute atomic E-state index is 11.4. The average molecular weight is 423 g/mol. The van der Waals surface area contributed by atoms with Gasteiger partial charge in [0.2, 0.25) is 16.0 Å². The molecule has 4 N–H and O–H groups in total. The fourth-order valence-corrected chi connectivity index (χ4v) is 3.81. The van der Waals surface area contributed by atoms with Crippen molar-refractivity contribution in [3.8, 4) is 11.3 Å². The molecule has 3 heterocycles. The number of pyridine rings is 1. The molecular formula is C21H22N6O2S. The molecule has 0 amide bonds. The Labute approximate surface area is 174 Å². The highest BCUT2D eigenvalue weighted by molar-refractivity contribution is 7.89. The van der Waals surface area contributed by atoms with Gasteiger partial charge >= 0.3 is 0 Å². The predicted octanol–water partition coefficient (Wildman–Crippen LogP) is 3.92. The Hall–Kier alpha value is -3.30. The van der Waals surface area contributed by atoms with Crippen molar-refractivity contribution in [2.75, 3.05) is 5.32 Å². The van der Waals surface area contributed by atoms with Gasteiger partial charge in [-0.3, -0.25) is 4.98 Å². The van der Waals surface area contributed by atoms with E-state index in [0.29, 0.717) is 17.6 Å². The van der Waals surface area contributed by atoms with E-state index in [9.17, 15) is 8.42 Å². The van der Waals surface area contributed by atoms with E-state index in [-0.39, 0.29) is 4.90 Å². The third-order valence-electron chi connectivity index (χ3n) is 5.11. The van der Waals surface area contributed by atoms with Gasteiger partial charge in [-0.2, -0.15) is 0 Å². The Balaban J connectivity index is 1.66. The van der Waals surface area contributed by atoms with Crippen LogP contribution < -0.4 is 10.5 Å². The predicted molar refractivity (Wildman–Crippen MR) is 117 cm³/mol. The molecule has 0 fully saturated rings. The third-order valence-corrected chi connectivity index (χ3v) is 6.04. The maximum Gasteiger partial charge on any atom is 0.238 e. The largest absolute Gasteiger partial charge is 0.359 e. The summed E-state index contributed by atoms with van der Waals surface area (Å²) in [6.07, 6.45) is 6.45. The van der Waals surface area contributed by atoms with Crippen molar-refractivity contribution in [1.29, 1.82) is 0 Å². The van der Waals surface area contributed by atoms with Gasteiger partial charge in [0.05, 0.1) is 21.6 Å². The zero-order valence-electron chi connectivity index (χ0n) is 16.6. The summed E-state index contributed by atoms with van der Waals surface area (Å²) in [6, 6.07) is 9.97. The lowest BCUT2D eigenvalue weighted by Gasteiger charge is -2.10. The molecule has 0 aliphatic heterocycles. The second kappa shape index (κ2) is 7.85. The number of H-pyrrole nitrogens is 1. The zero-order chi connectivity index (χ0) is 21.3. The molecule has 0 aliphatic rings. The number of hydrogen-bond acceptors (Lipinski definition) is 6. The lowest BCUT2D eigenvalue weighted by atomic mass is 9.98. The van der Waals surface area contributed by atoms with Crippen molar-refractivity contribution in [2.45, 2.75) is 31.1 Å². The van der Waals surface area contributed by atoms with Gasteiger partial charge in [-0.25, -0.2) is 23.5 Å². The summed E-state index contributed by atoms with van der Waals surface area (Å²) in [7, 11) is -3.73. The van der Waals surface area contributed by atoms with Gasteiger partial charge in [-0.15, -0.1) is 0 Å². The normalized spacial score (nSPS) is 12.8. The summed E-state index contributed by atoms with van der Waals surface area (Å²) < 4.78 is 22.8. The molecule has 1 aromatic carbocycles. The van der Waals surface area contributed by atoms with E-state index >= 15 is 0 Å². The number of aromatic amines is 1. The van der Waals surface area contributed by atoms with E-state index in [1.165, 1.54) is 17.7 Å². The molecule has 4 rings (SSSR count). The smallest absolute Gasteiger partial charge is 0.238 e. The minimum atomic E-state index is -3.73. The lowest BCUT2D eigenvalue weighted by molar-refractivity contribution is 0.598. The second-order valence-corrected chi connectivity index (χ2v) is 8.66. The molecule has 1 atom stereocenters. The van der Waals surface area contributed by atoms with Gasteiger partial charge in [-0.05, 0) is 54.3 Å². The highest BCUT2D eigenvalue weighted by atomic mass is 32.2. The molecule has 0 aliphatic carbocycles. The van der Waals surface area contributed by atoms with Crippen LogP contribution in [0.25, 0.3) is 22.3 Å². The molecular weight excluding hydrogens is 400 g/mol. The Bertz CT molecular complexity index is 1300. The molecule has 0 saturated heterocycles. The number of sulfonamides is 1. The fraction of sp³-hybridized carbons (Fsp3) is 0.190. The van der Waals surface area contributed by atoms with Crippen LogP contribution in [0, 0.1) is 0 Å². The lowest BCUT2D eigenvalue weighted by Crippen LogP contribution is -2.11. The topological polar surface area (TPSA) is 127 Å². The number of nitrogens with zero attached hydrogens (tertiary/aromatic N) is 3. The number of benzene rings is 1. The van der Waals surface area contributed by atoms with E-state index in [2.05, 4.69) is 45.2 Å². The van der Waals surface area contributed by atoms with Crippen LogP contribution in [0.3, 0.4) is 0 Å². The van der Waals surface area contributed by atoms with Gasteiger partial charge in [-0.1, -0.05) is 13.8 Å². The number of nitrogens with two attached hydrogens (primary N) is 1. The SMILES string of the molecule is CCC(C)c1ccnc2c(-c3ccnc(Nc4ccc(S(N)(=O)=O)cc4)n3)c[nH]c12. The number of anilines is 2. The highest BCUT2D eigenvalue weighted by Crippen LogP contribution is 2.31. The van der Waals surface area contributed by atoms with Crippen molar-refractivity contribution in [2.24, 2.45) is 5.14 Å². The van der Waals surface area contributed by atoms with Crippen LogP contribution in [-0.4, -0.2) is 28.4 Å². The summed E-state index contributed by atoms with van der Waals surface area (Å²) in [5.74, 6) is 0.813. The van der Waals surface area contributed by atoms with Crippen molar-refractivity contribution in [1.82, 2.24) is 19.9 Å². The number of rotatable bonds is 6. The van der Waals surface area contributed by atoms with E-state index < -0.39 is 10.0 Å². The Kier molecular flexibility index (Phi) is 5.23. The first kappa shape index (κ1) is 20.0. The van der Waals surface area contributed by atoms with Gasteiger partial charge in [0.1, 0.15) is 0 Å². The number of aromatic nitrogens is 4. The molecule has 0 bridgehead atoms. The minimum absolute atomic E-state index is 0.0460. The molecule has 0 spiro atoms. The van der Waals surface area contributed by atoms with Crippen molar-refractivity contribution < 1.29 is 8.42 Å². The Morgan fingerprint density at radius 3 is 2.53 bits per heavy atom.